The molecule has 0 saturated carbocycles. The predicted molar refractivity (Wildman–Crippen MR) is 78.5 cm³/mol. The Morgan fingerprint density at radius 2 is 2.14 bits per heavy atom. The summed E-state index contributed by atoms with van der Waals surface area (Å²) in [5.74, 6) is 2.14. The maximum Gasteiger partial charge on any atom is 0.254 e. The van der Waals surface area contributed by atoms with Crippen LogP contribution in [0, 0.1) is 0 Å². The first-order chi connectivity index (χ1) is 10.7. The van der Waals surface area contributed by atoms with Gasteiger partial charge < -0.3 is 23.5 Å². The zero-order valence-corrected chi connectivity index (χ0v) is 12.5. The summed E-state index contributed by atoms with van der Waals surface area (Å²) in [4.78, 5) is 14.1. The topological polar surface area (TPSA) is 61.1 Å². The summed E-state index contributed by atoms with van der Waals surface area (Å²) in [6, 6.07) is 6.96. The largest absolute Gasteiger partial charge is 0.493 e. The van der Waals surface area contributed by atoms with Gasteiger partial charge in [0.05, 0.1) is 19.9 Å². The number of hydrogen-bond donors (Lipinski definition) is 0. The van der Waals surface area contributed by atoms with Gasteiger partial charge in [0.1, 0.15) is 19.0 Å². The van der Waals surface area contributed by atoms with Crippen molar-refractivity contribution in [1.82, 2.24) is 4.90 Å². The van der Waals surface area contributed by atoms with Gasteiger partial charge in [-0.05, 0) is 24.3 Å². The van der Waals surface area contributed by atoms with Crippen LogP contribution in [-0.4, -0.2) is 38.2 Å². The third kappa shape index (κ3) is 2.72. The molecule has 0 saturated heterocycles. The molecule has 0 fully saturated rings. The summed E-state index contributed by atoms with van der Waals surface area (Å²) in [6.07, 6.45) is 1.58. The third-order valence-corrected chi connectivity index (χ3v) is 3.39. The lowest BCUT2D eigenvalue weighted by Gasteiger charge is -2.22. The normalized spacial score (nSPS) is 12.8. The Morgan fingerprint density at radius 3 is 2.86 bits per heavy atom. The number of rotatable bonds is 4. The molecule has 1 aliphatic heterocycles. The highest BCUT2D eigenvalue weighted by Crippen LogP contribution is 2.40. The molecule has 0 bridgehead atoms. The Labute approximate surface area is 128 Å². The van der Waals surface area contributed by atoms with Crippen LogP contribution in [0.4, 0.5) is 0 Å². The minimum absolute atomic E-state index is 0.147. The minimum atomic E-state index is -0.147. The van der Waals surface area contributed by atoms with Gasteiger partial charge in [0.25, 0.3) is 5.91 Å². The van der Waals surface area contributed by atoms with Crippen molar-refractivity contribution in [1.29, 1.82) is 0 Å². The molecular weight excluding hydrogens is 286 g/mol. The number of furan rings is 1. The molecule has 1 aromatic carbocycles. The van der Waals surface area contributed by atoms with Crippen molar-refractivity contribution in [3.63, 3.8) is 0 Å². The van der Waals surface area contributed by atoms with Crippen molar-refractivity contribution in [3.8, 4) is 17.2 Å². The molecule has 116 valence electrons. The fraction of sp³-hybridized carbons (Fsp3) is 0.312. The zero-order valence-electron chi connectivity index (χ0n) is 12.5. The van der Waals surface area contributed by atoms with E-state index in [2.05, 4.69) is 0 Å². The van der Waals surface area contributed by atoms with Crippen molar-refractivity contribution >= 4 is 5.91 Å². The average Bonchev–Trinajstić information content (AvgIpc) is 3.05. The molecule has 1 aromatic heterocycles. The lowest BCUT2D eigenvalue weighted by atomic mass is 10.1. The van der Waals surface area contributed by atoms with Gasteiger partial charge in [-0.25, -0.2) is 0 Å². The van der Waals surface area contributed by atoms with Gasteiger partial charge in [0.2, 0.25) is 5.75 Å². The number of nitrogens with zero attached hydrogens (tertiary/aromatic N) is 1. The summed E-state index contributed by atoms with van der Waals surface area (Å²) in [5, 5.41) is 0. The van der Waals surface area contributed by atoms with Crippen LogP contribution in [0.1, 0.15) is 16.1 Å². The van der Waals surface area contributed by atoms with E-state index in [-0.39, 0.29) is 5.91 Å². The second kappa shape index (κ2) is 6.01. The van der Waals surface area contributed by atoms with E-state index in [1.165, 1.54) is 7.11 Å². The molecule has 0 spiro atoms. The van der Waals surface area contributed by atoms with Crippen molar-refractivity contribution in [3.05, 3.63) is 41.9 Å². The number of hydrogen-bond acceptors (Lipinski definition) is 5. The Kier molecular flexibility index (Phi) is 3.91. The smallest absolute Gasteiger partial charge is 0.254 e. The van der Waals surface area contributed by atoms with Gasteiger partial charge in [-0.15, -0.1) is 0 Å². The number of methoxy groups -OCH3 is 1. The second-order valence-electron chi connectivity index (χ2n) is 4.94. The molecule has 0 radical (unpaired) electrons. The van der Waals surface area contributed by atoms with Gasteiger partial charge in [0.15, 0.2) is 11.5 Å². The number of ether oxygens (including phenoxy) is 3. The maximum atomic E-state index is 12.6. The fourth-order valence-electron chi connectivity index (χ4n) is 2.33. The molecule has 22 heavy (non-hydrogen) atoms. The first kappa shape index (κ1) is 14.3. The molecule has 0 atom stereocenters. The molecule has 6 heteroatoms. The highest BCUT2D eigenvalue weighted by Gasteiger charge is 2.22. The molecular formula is C16H17NO5. The molecule has 2 aromatic rings. The number of carbonyl (C=O) groups excluding carboxylic acids is 1. The van der Waals surface area contributed by atoms with Crippen molar-refractivity contribution < 1.29 is 23.4 Å². The van der Waals surface area contributed by atoms with Crippen molar-refractivity contribution in [2.75, 3.05) is 27.4 Å². The Bertz CT molecular complexity index is 648. The second-order valence-corrected chi connectivity index (χ2v) is 4.94. The lowest BCUT2D eigenvalue weighted by Crippen LogP contribution is -2.26. The van der Waals surface area contributed by atoms with E-state index in [1.807, 2.05) is 6.07 Å². The van der Waals surface area contributed by atoms with Gasteiger partial charge in [0, 0.05) is 12.6 Å². The van der Waals surface area contributed by atoms with E-state index in [0.29, 0.717) is 42.6 Å². The average molecular weight is 303 g/mol. The number of amides is 1. The zero-order chi connectivity index (χ0) is 15.5. The minimum Gasteiger partial charge on any atom is -0.493 e. The highest BCUT2D eigenvalue weighted by atomic mass is 16.6. The van der Waals surface area contributed by atoms with E-state index in [1.54, 1.807) is 36.4 Å². The molecule has 1 aliphatic rings. The van der Waals surface area contributed by atoms with Crippen molar-refractivity contribution in [2.45, 2.75) is 6.54 Å². The molecule has 1 amide bonds. The molecule has 2 heterocycles. The predicted octanol–water partition coefficient (Wildman–Crippen LogP) is 2.33. The van der Waals surface area contributed by atoms with Gasteiger partial charge >= 0.3 is 0 Å². The lowest BCUT2D eigenvalue weighted by molar-refractivity contribution is 0.0773. The Balaban J connectivity index is 1.85. The van der Waals surface area contributed by atoms with Gasteiger partial charge in [-0.3, -0.25) is 4.79 Å². The Morgan fingerprint density at radius 1 is 1.32 bits per heavy atom. The standard InChI is InChI=1S/C16H17NO5/c1-17(10-12-4-3-5-20-12)16(18)11-8-13(19-2)15-14(9-11)21-6-7-22-15/h3-5,8-9H,6-7,10H2,1-2H3. The SMILES string of the molecule is COc1cc(C(=O)N(C)Cc2ccco2)cc2c1OCCO2. The Hall–Kier alpha value is -2.63. The summed E-state index contributed by atoms with van der Waals surface area (Å²) in [5.41, 5.74) is 0.482. The third-order valence-electron chi connectivity index (χ3n) is 3.39. The van der Waals surface area contributed by atoms with Gasteiger partial charge in [-0.1, -0.05) is 0 Å². The number of fused-ring (bicyclic) bond motifs is 1. The highest BCUT2D eigenvalue weighted by molar-refractivity contribution is 5.95. The number of carbonyl (C=O) groups is 1. The monoisotopic (exact) mass is 303 g/mol. The first-order valence-electron chi connectivity index (χ1n) is 6.94. The van der Waals surface area contributed by atoms with Gasteiger partial charge in [-0.2, -0.15) is 0 Å². The quantitative estimate of drug-likeness (QED) is 0.867. The van der Waals surface area contributed by atoms with Crippen LogP contribution in [0.15, 0.2) is 34.9 Å². The maximum absolute atomic E-state index is 12.6. The summed E-state index contributed by atoms with van der Waals surface area (Å²) < 4.78 is 21.6. The molecule has 6 nitrogen and oxygen atoms in total. The van der Waals surface area contributed by atoms with Crippen LogP contribution in [-0.2, 0) is 6.54 Å². The van der Waals surface area contributed by atoms with Crippen LogP contribution in [0.3, 0.4) is 0 Å². The van der Waals surface area contributed by atoms with Crippen LogP contribution in [0.5, 0.6) is 17.2 Å². The fourth-order valence-corrected chi connectivity index (χ4v) is 2.33. The van der Waals surface area contributed by atoms with E-state index < -0.39 is 0 Å². The summed E-state index contributed by atoms with van der Waals surface area (Å²) >= 11 is 0. The van der Waals surface area contributed by atoms with E-state index in [0.717, 1.165) is 5.76 Å². The van der Waals surface area contributed by atoms with Crippen LogP contribution in [0.25, 0.3) is 0 Å². The van der Waals surface area contributed by atoms with Crippen LogP contribution < -0.4 is 14.2 Å². The van der Waals surface area contributed by atoms with E-state index in [4.69, 9.17) is 18.6 Å². The molecule has 0 aliphatic carbocycles. The number of benzene rings is 1. The summed E-state index contributed by atoms with van der Waals surface area (Å²) in [7, 11) is 3.25. The molecule has 3 rings (SSSR count). The van der Waals surface area contributed by atoms with Crippen molar-refractivity contribution in [2.24, 2.45) is 0 Å². The summed E-state index contributed by atoms with van der Waals surface area (Å²) in [6.45, 7) is 1.31. The van der Waals surface area contributed by atoms with E-state index >= 15 is 0 Å². The molecule has 0 N–H and O–H groups in total. The first-order valence-corrected chi connectivity index (χ1v) is 6.94. The van der Waals surface area contributed by atoms with Crippen LogP contribution in [0.2, 0.25) is 0 Å². The van der Waals surface area contributed by atoms with E-state index in [9.17, 15) is 4.79 Å². The molecule has 0 unspecified atom stereocenters. The van der Waals surface area contributed by atoms with Crippen LogP contribution >= 0.6 is 0 Å².